The van der Waals surface area contributed by atoms with Crippen LogP contribution in [0.4, 0.5) is 20.2 Å². The minimum Gasteiger partial charge on any atom is -0.347 e. The molecule has 6 nitrogen and oxygen atoms in total. The summed E-state index contributed by atoms with van der Waals surface area (Å²) in [5.74, 6) is -3.45. The van der Waals surface area contributed by atoms with Crippen LogP contribution in [0.3, 0.4) is 0 Å². The number of thioether (sulfide) groups is 1. The first kappa shape index (κ1) is 18.8. The normalized spacial score (nSPS) is 15.5. The van der Waals surface area contributed by atoms with Crippen LogP contribution in [-0.4, -0.2) is 29.5 Å². The first-order valence-electron chi connectivity index (χ1n) is 8.00. The second-order valence-corrected chi connectivity index (χ2v) is 6.99. The Morgan fingerprint density at radius 1 is 1.07 bits per heavy atom. The van der Waals surface area contributed by atoms with Gasteiger partial charge in [-0.15, -0.1) is 11.8 Å². The molecule has 0 fully saturated rings. The van der Waals surface area contributed by atoms with E-state index in [0.717, 1.165) is 17.0 Å². The van der Waals surface area contributed by atoms with Crippen LogP contribution in [0.1, 0.15) is 6.42 Å². The van der Waals surface area contributed by atoms with Gasteiger partial charge in [0.2, 0.25) is 17.7 Å². The molecule has 1 heterocycles. The van der Waals surface area contributed by atoms with Crippen molar-refractivity contribution in [1.29, 1.82) is 0 Å². The molecule has 3 N–H and O–H groups in total. The Morgan fingerprint density at radius 2 is 1.85 bits per heavy atom. The topological polar surface area (TPSA) is 87.3 Å². The van der Waals surface area contributed by atoms with Crippen molar-refractivity contribution < 1.29 is 23.2 Å². The molecular weight excluding hydrogens is 376 g/mol. The van der Waals surface area contributed by atoms with E-state index in [4.69, 9.17) is 0 Å². The fourth-order valence-corrected chi connectivity index (χ4v) is 3.54. The summed E-state index contributed by atoms with van der Waals surface area (Å²) in [4.78, 5) is 36.8. The Labute approximate surface area is 157 Å². The Kier molecular flexibility index (Phi) is 5.70. The van der Waals surface area contributed by atoms with Crippen molar-refractivity contribution in [3.8, 4) is 0 Å². The van der Waals surface area contributed by atoms with Gasteiger partial charge in [-0.1, -0.05) is 12.1 Å². The van der Waals surface area contributed by atoms with Gasteiger partial charge < -0.3 is 16.0 Å². The third-order valence-corrected chi connectivity index (χ3v) is 5.00. The molecule has 2 aromatic carbocycles. The molecule has 2 aromatic rings. The van der Waals surface area contributed by atoms with Gasteiger partial charge in [-0.25, -0.2) is 8.78 Å². The highest BCUT2D eigenvalue weighted by Gasteiger charge is 2.28. The van der Waals surface area contributed by atoms with E-state index in [0.29, 0.717) is 5.69 Å². The molecule has 0 radical (unpaired) electrons. The van der Waals surface area contributed by atoms with E-state index in [-0.39, 0.29) is 24.6 Å². The molecule has 0 bridgehead atoms. The maximum atomic E-state index is 13.1. The van der Waals surface area contributed by atoms with Crippen molar-refractivity contribution in [1.82, 2.24) is 5.32 Å². The minimum atomic E-state index is -1.09. The van der Waals surface area contributed by atoms with Crippen molar-refractivity contribution in [2.75, 3.05) is 17.2 Å². The van der Waals surface area contributed by atoms with Crippen molar-refractivity contribution >= 4 is 40.9 Å². The van der Waals surface area contributed by atoms with E-state index < -0.39 is 28.7 Å². The number of nitrogens with one attached hydrogen (secondary N) is 3. The largest absolute Gasteiger partial charge is 0.347 e. The lowest BCUT2D eigenvalue weighted by molar-refractivity contribution is -0.125. The van der Waals surface area contributed by atoms with Gasteiger partial charge in [-0.2, -0.15) is 0 Å². The third kappa shape index (κ3) is 4.82. The number of fused-ring (bicyclic) bond motifs is 1. The van der Waals surface area contributed by atoms with Gasteiger partial charge in [0.1, 0.15) is 0 Å². The van der Waals surface area contributed by atoms with E-state index in [1.807, 2.05) is 12.1 Å². The Morgan fingerprint density at radius 3 is 2.63 bits per heavy atom. The van der Waals surface area contributed by atoms with Crippen molar-refractivity contribution in [3.63, 3.8) is 0 Å². The molecule has 27 heavy (non-hydrogen) atoms. The predicted molar refractivity (Wildman–Crippen MR) is 97.3 cm³/mol. The summed E-state index contributed by atoms with van der Waals surface area (Å²) < 4.78 is 26.0. The summed E-state index contributed by atoms with van der Waals surface area (Å²) >= 11 is 1.28. The van der Waals surface area contributed by atoms with Crippen LogP contribution in [0.15, 0.2) is 47.4 Å². The summed E-state index contributed by atoms with van der Waals surface area (Å²) in [6, 6.07) is 10.2. The highest BCUT2D eigenvalue weighted by molar-refractivity contribution is 8.01. The summed E-state index contributed by atoms with van der Waals surface area (Å²) in [5.41, 5.74) is 0.780. The van der Waals surface area contributed by atoms with Crippen LogP contribution in [0.5, 0.6) is 0 Å². The fraction of sp³-hybridized carbons (Fsp3) is 0.167. The maximum Gasteiger partial charge on any atom is 0.243 e. The van der Waals surface area contributed by atoms with Gasteiger partial charge in [-0.05, 0) is 24.3 Å². The minimum absolute atomic E-state index is 0.0759. The number of carbonyl (C=O) groups excluding carboxylic acids is 3. The number of benzene rings is 2. The first-order valence-corrected chi connectivity index (χ1v) is 8.88. The van der Waals surface area contributed by atoms with Crippen molar-refractivity contribution in [2.45, 2.75) is 16.6 Å². The van der Waals surface area contributed by atoms with E-state index >= 15 is 0 Å². The highest BCUT2D eigenvalue weighted by atomic mass is 32.2. The molecule has 0 saturated heterocycles. The lowest BCUT2D eigenvalue weighted by atomic mass is 10.2. The quantitative estimate of drug-likeness (QED) is 0.731. The smallest absolute Gasteiger partial charge is 0.243 e. The van der Waals surface area contributed by atoms with E-state index in [1.165, 1.54) is 17.8 Å². The molecule has 9 heteroatoms. The number of amides is 3. The molecule has 0 spiro atoms. The molecular formula is C18H15F2N3O3S. The van der Waals surface area contributed by atoms with Crippen LogP contribution in [0, 0.1) is 11.6 Å². The number of rotatable bonds is 5. The molecule has 140 valence electrons. The Balaban J connectivity index is 1.49. The average molecular weight is 391 g/mol. The van der Waals surface area contributed by atoms with Gasteiger partial charge in [0.05, 0.1) is 17.5 Å². The van der Waals surface area contributed by atoms with E-state index in [2.05, 4.69) is 16.0 Å². The summed E-state index contributed by atoms with van der Waals surface area (Å²) in [7, 11) is 0. The second kappa shape index (κ2) is 8.17. The number of halogens is 2. The Hall–Kier alpha value is -2.94. The predicted octanol–water partition coefficient (Wildman–Crippen LogP) is 2.52. The maximum absolute atomic E-state index is 13.1. The van der Waals surface area contributed by atoms with E-state index in [9.17, 15) is 23.2 Å². The lowest BCUT2D eigenvalue weighted by Crippen LogP contribution is -2.37. The number of para-hydroxylation sites is 1. The molecule has 0 aromatic heterocycles. The highest BCUT2D eigenvalue weighted by Crippen LogP contribution is 2.36. The van der Waals surface area contributed by atoms with Crippen LogP contribution in [0.25, 0.3) is 0 Å². The van der Waals surface area contributed by atoms with Gasteiger partial charge in [0.25, 0.3) is 0 Å². The van der Waals surface area contributed by atoms with Crippen LogP contribution in [0.2, 0.25) is 0 Å². The lowest BCUT2D eigenvalue weighted by Gasteiger charge is -2.23. The zero-order valence-electron chi connectivity index (χ0n) is 13.9. The standard InChI is InChI=1S/C18H15F2N3O3S/c19-11-6-5-10(7-12(11)20)22-17(25)9-21-16(24)8-15-18(26)23-13-3-1-2-4-14(13)27-15/h1-7,15H,8-9H2,(H,21,24)(H,22,25)(H,23,26)/t15-/m1/s1. The molecule has 1 aliphatic heterocycles. The molecule has 0 saturated carbocycles. The van der Waals surface area contributed by atoms with Crippen LogP contribution < -0.4 is 16.0 Å². The number of carbonyl (C=O) groups is 3. The first-order chi connectivity index (χ1) is 12.9. The number of hydrogen-bond donors (Lipinski definition) is 3. The second-order valence-electron chi connectivity index (χ2n) is 5.75. The summed E-state index contributed by atoms with van der Waals surface area (Å²) in [5, 5.41) is 6.89. The SMILES string of the molecule is O=C(C[C@H]1Sc2ccccc2NC1=O)NCC(=O)Nc1ccc(F)c(F)c1. The average Bonchev–Trinajstić information content (AvgIpc) is 2.64. The fourth-order valence-electron chi connectivity index (χ4n) is 2.43. The van der Waals surface area contributed by atoms with Crippen LogP contribution >= 0.6 is 11.8 Å². The van der Waals surface area contributed by atoms with Crippen molar-refractivity contribution in [3.05, 3.63) is 54.1 Å². The number of hydrogen-bond acceptors (Lipinski definition) is 4. The van der Waals surface area contributed by atoms with Crippen molar-refractivity contribution in [2.24, 2.45) is 0 Å². The molecule has 1 atom stereocenters. The molecule has 1 aliphatic rings. The van der Waals surface area contributed by atoms with Gasteiger partial charge in [0.15, 0.2) is 11.6 Å². The monoisotopic (exact) mass is 391 g/mol. The third-order valence-electron chi connectivity index (χ3n) is 3.73. The summed E-state index contributed by atoms with van der Waals surface area (Å²) in [6.07, 6.45) is -0.0940. The zero-order chi connectivity index (χ0) is 19.4. The summed E-state index contributed by atoms with van der Waals surface area (Å²) in [6.45, 7) is -0.354. The van der Waals surface area contributed by atoms with Crippen LogP contribution in [-0.2, 0) is 14.4 Å². The molecule has 3 amide bonds. The zero-order valence-corrected chi connectivity index (χ0v) is 14.7. The molecule has 0 unspecified atom stereocenters. The molecule has 3 rings (SSSR count). The van der Waals surface area contributed by atoms with Gasteiger partial charge >= 0.3 is 0 Å². The number of anilines is 2. The Bertz CT molecular complexity index is 907. The molecule has 0 aliphatic carbocycles. The van der Waals surface area contributed by atoms with E-state index in [1.54, 1.807) is 12.1 Å². The van der Waals surface area contributed by atoms with Gasteiger partial charge in [0, 0.05) is 23.1 Å². The van der Waals surface area contributed by atoms with Gasteiger partial charge in [-0.3, -0.25) is 14.4 Å².